The molecule has 3 atom stereocenters. The van der Waals surface area contributed by atoms with E-state index in [1.165, 1.54) is 13.1 Å². The summed E-state index contributed by atoms with van der Waals surface area (Å²) in [6.07, 6.45) is 0.766. The average molecular weight is 416 g/mol. The highest BCUT2D eigenvalue weighted by atomic mass is 35.5. The number of ether oxygens (including phenoxy) is 1. The monoisotopic (exact) mass is 415 g/mol. The molecule has 1 aliphatic heterocycles. The van der Waals surface area contributed by atoms with Crippen molar-refractivity contribution < 1.29 is 19.0 Å². The van der Waals surface area contributed by atoms with E-state index in [-0.39, 0.29) is 29.6 Å². The number of nitrogens with zero attached hydrogens (tertiary/aromatic N) is 4. The lowest BCUT2D eigenvalue weighted by Gasteiger charge is -2.23. The molecule has 2 aromatic rings. The summed E-state index contributed by atoms with van der Waals surface area (Å²) in [4.78, 5) is 24.9. The van der Waals surface area contributed by atoms with Crippen molar-refractivity contribution in [2.45, 2.75) is 32.0 Å². The van der Waals surface area contributed by atoms with Crippen LogP contribution < -0.4 is 10.2 Å². The second-order valence-electron chi connectivity index (χ2n) is 6.03. The lowest BCUT2D eigenvalue weighted by molar-refractivity contribution is 0.142. The fourth-order valence-electron chi connectivity index (χ4n) is 2.58. The van der Waals surface area contributed by atoms with E-state index in [1.807, 2.05) is 0 Å². The number of aromatic nitrogens is 3. The molecule has 27 heavy (non-hydrogen) atoms. The van der Waals surface area contributed by atoms with E-state index in [2.05, 4.69) is 20.3 Å². The van der Waals surface area contributed by atoms with Crippen molar-refractivity contribution in [3.05, 3.63) is 40.0 Å². The van der Waals surface area contributed by atoms with Gasteiger partial charge in [0, 0.05) is 6.20 Å². The number of cyclic esters (lactones) is 1. The van der Waals surface area contributed by atoms with Crippen LogP contribution >= 0.6 is 23.2 Å². The maximum Gasteiger partial charge on any atom is 0.416 e. The molecule has 0 aromatic carbocycles. The summed E-state index contributed by atoms with van der Waals surface area (Å²) in [5, 5.41) is 13.3. The Morgan fingerprint density at radius 2 is 2.11 bits per heavy atom. The molecule has 0 spiro atoms. The second kappa shape index (κ2) is 7.79. The molecular formula is C16H16Cl2FN5O3. The standard InChI is InChI=1S/C16H16Cl2FN5O3/c1-7(9-3-10(17)13(18)20-4-9)22-15-21-5-11(19)14(23-15)24-12(8(2)25)6-27-16(24)26/h3-5,7-8,12,25H,6H2,1-2H3,(H,21,22,23)/t7-,8+,12?/m0/s1. The van der Waals surface area contributed by atoms with Gasteiger partial charge in [0.15, 0.2) is 11.6 Å². The largest absolute Gasteiger partial charge is 0.447 e. The first-order valence-electron chi connectivity index (χ1n) is 8.02. The van der Waals surface area contributed by atoms with Gasteiger partial charge in [0.25, 0.3) is 0 Å². The molecule has 1 fully saturated rings. The molecule has 2 aromatic heterocycles. The molecule has 2 N–H and O–H groups in total. The van der Waals surface area contributed by atoms with E-state index in [0.717, 1.165) is 11.1 Å². The first-order chi connectivity index (χ1) is 12.8. The summed E-state index contributed by atoms with van der Waals surface area (Å²) in [5.41, 5.74) is 0.710. The van der Waals surface area contributed by atoms with Crippen molar-refractivity contribution in [2.24, 2.45) is 0 Å². The third-order valence-electron chi connectivity index (χ3n) is 4.08. The number of amides is 1. The number of nitrogens with one attached hydrogen (secondary N) is 1. The molecule has 1 amide bonds. The Bertz CT molecular complexity index is 870. The zero-order valence-electron chi connectivity index (χ0n) is 14.4. The van der Waals surface area contributed by atoms with Crippen molar-refractivity contribution in [3.8, 4) is 0 Å². The third kappa shape index (κ3) is 4.05. The predicted octanol–water partition coefficient (Wildman–Crippen LogP) is 3.20. The second-order valence-corrected chi connectivity index (χ2v) is 6.79. The normalized spacial score (nSPS) is 19.0. The molecule has 144 valence electrons. The number of anilines is 2. The van der Waals surface area contributed by atoms with Crippen LogP contribution in [0.15, 0.2) is 18.5 Å². The number of aliphatic hydroxyl groups excluding tert-OH is 1. The fraction of sp³-hybridized carbons (Fsp3) is 0.375. The molecular weight excluding hydrogens is 400 g/mol. The van der Waals surface area contributed by atoms with Crippen LogP contribution in [0.1, 0.15) is 25.5 Å². The van der Waals surface area contributed by atoms with Crippen LogP contribution in [0.25, 0.3) is 0 Å². The zero-order valence-corrected chi connectivity index (χ0v) is 15.9. The summed E-state index contributed by atoms with van der Waals surface area (Å²) < 4.78 is 19.2. The number of hydrogen-bond acceptors (Lipinski definition) is 7. The highest BCUT2D eigenvalue weighted by Crippen LogP contribution is 2.28. The minimum absolute atomic E-state index is 0.0615. The minimum atomic E-state index is -0.927. The molecule has 0 bridgehead atoms. The van der Waals surface area contributed by atoms with Gasteiger partial charge >= 0.3 is 6.09 Å². The fourth-order valence-corrected chi connectivity index (χ4v) is 2.86. The van der Waals surface area contributed by atoms with Gasteiger partial charge in [-0.2, -0.15) is 4.98 Å². The molecule has 8 nitrogen and oxygen atoms in total. The van der Waals surface area contributed by atoms with Crippen LogP contribution in [0.3, 0.4) is 0 Å². The maximum atomic E-state index is 14.3. The molecule has 3 heterocycles. The van der Waals surface area contributed by atoms with Gasteiger partial charge in [0.1, 0.15) is 17.8 Å². The highest BCUT2D eigenvalue weighted by Gasteiger charge is 2.39. The summed E-state index contributed by atoms with van der Waals surface area (Å²) >= 11 is 11.8. The number of halogens is 3. The Balaban J connectivity index is 1.86. The summed E-state index contributed by atoms with van der Waals surface area (Å²) in [5.74, 6) is -1.01. The van der Waals surface area contributed by atoms with Crippen LogP contribution in [0, 0.1) is 5.82 Å². The molecule has 1 unspecified atom stereocenters. The molecule has 1 aliphatic rings. The topological polar surface area (TPSA) is 100 Å². The van der Waals surface area contributed by atoms with Gasteiger partial charge in [-0.05, 0) is 25.5 Å². The first-order valence-corrected chi connectivity index (χ1v) is 8.77. The van der Waals surface area contributed by atoms with Crippen LogP contribution in [0.2, 0.25) is 10.2 Å². The lowest BCUT2D eigenvalue weighted by atomic mass is 10.1. The van der Waals surface area contributed by atoms with Crippen molar-refractivity contribution in [1.29, 1.82) is 0 Å². The molecule has 1 saturated heterocycles. The number of hydrogen-bond donors (Lipinski definition) is 2. The smallest absolute Gasteiger partial charge is 0.416 e. The highest BCUT2D eigenvalue weighted by molar-refractivity contribution is 6.41. The zero-order chi connectivity index (χ0) is 19.7. The van der Waals surface area contributed by atoms with Crippen LogP contribution in [-0.4, -0.2) is 44.9 Å². The number of carbonyl (C=O) groups excluding carboxylic acids is 1. The van der Waals surface area contributed by atoms with E-state index in [0.29, 0.717) is 10.6 Å². The van der Waals surface area contributed by atoms with E-state index in [4.69, 9.17) is 27.9 Å². The first kappa shape index (κ1) is 19.5. The summed E-state index contributed by atoms with van der Waals surface area (Å²) in [7, 11) is 0. The van der Waals surface area contributed by atoms with E-state index in [9.17, 15) is 14.3 Å². The van der Waals surface area contributed by atoms with Crippen molar-refractivity contribution in [3.63, 3.8) is 0 Å². The van der Waals surface area contributed by atoms with Crippen LogP contribution in [0.4, 0.5) is 21.0 Å². The summed E-state index contributed by atoms with van der Waals surface area (Å²) in [6, 6.07) is 0.565. The number of rotatable bonds is 5. The van der Waals surface area contributed by atoms with Crippen molar-refractivity contribution in [1.82, 2.24) is 15.0 Å². The van der Waals surface area contributed by atoms with E-state index < -0.39 is 24.1 Å². The Kier molecular flexibility index (Phi) is 5.64. The van der Waals surface area contributed by atoms with Gasteiger partial charge in [-0.15, -0.1) is 0 Å². The molecule has 11 heteroatoms. The van der Waals surface area contributed by atoms with Crippen molar-refractivity contribution in [2.75, 3.05) is 16.8 Å². The minimum Gasteiger partial charge on any atom is -0.447 e. The summed E-state index contributed by atoms with van der Waals surface area (Å²) in [6.45, 7) is 3.22. The number of carbonyl (C=O) groups is 1. The van der Waals surface area contributed by atoms with Crippen LogP contribution in [0.5, 0.6) is 0 Å². The van der Waals surface area contributed by atoms with Gasteiger partial charge in [0.05, 0.1) is 23.4 Å². The lowest BCUT2D eigenvalue weighted by Crippen LogP contribution is -2.42. The van der Waals surface area contributed by atoms with Gasteiger partial charge < -0.3 is 15.2 Å². The Hall–Kier alpha value is -2.23. The Labute approximate surface area is 164 Å². The molecule has 3 rings (SSSR count). The maximum absolute atomic E-state index is 14.3. The number of pyridine rings is 1. The third-order valence-corrected chi connectivity index (χ3v) is 4.77. The van der Waals surface area contributed by atoms with E-state index in [1.54, 1.807) is 13.0 Å². The average Bonchev–Trinajstić information content (AvgIpc) is 3.00. The molecule has 0 aliphatic carbocycles. The number of aliphatic hydroxyl groups is 1. The van der Waals surface area contributed by atoms with Crippen molar-refractivity contribution >= 4 is 41.1 Å². The van der Waals surface area contributed by atoms with Gasteiger partial charge in [-0.25, -0.2) is 24.1 Å². The van der Waals surface area contributed by atoms with Crippen LogP contribution in [-0.2, 0) is 4.74 Å². The van der Waals surface area contributed by atoms with E-state index >= 15 is 0 Å². The van der Waals surface area contributed by atoms with Gasteiger partial charge in [0.2, 0.25) is 5.95 Å². The SMILES string of the molecule is C[C@H](Nc1ncc(F)c(N2C(=O)OCC2[C@@H](C)O)n1)c1cnc(Cl)c(Cl)c1. The Morgan fingerprint density at radius 3 is 2.78 bits per heavy atom. The molecule has 0 saturated carbocycles. The molecule has 0 radical (unpaired) electrons. The van der Waals surface area contributed by atoms with Gasteiger partial charge in [-0.1, -0.05) is 23.2 Å². The Morgan fingerprint density at radius 1 is 1.37 bits per heavy atom. The quantitative estimate of drug-likeness (QED) is 0.722. The van der Waals surface area contributed by atoms with Gasteiger partial charge in [-0.3, -0.25) is 0 Å². The predicted molar refractivity (Wildman–Crippen MR) is 97.6 cm³/mol.